The van der Waals surface area contributed by atoms with Gasteiger partial charge >= 0.3 is 5.97 Å². The molecule has 0 radical (unpaired) electrons. The fourth-order valence-electron chi connectivity index (χ4n) is 1.91. The number of nitrogens with zero attached hydrogens (tertiary/aromatic N) is 2. The van der Waals surface area contributed by atoms with Crippen molar-refractivity contribution in [3.05, 3.63) is 30.3 Å². The normalized spacial score (nSPS) is 11.8. The Morgan fingerprint density at radius 2 is 2.00 bits per heavy atom. The molecule has 0 saturated carbocycles. The molecule has 2 rings (SSSR count). The van der Waals surface area contributed by atoms with Crippen molar-refractivity contribution in [3.8, 4) is 10.6 Å². The van der Waals surface area contributed by atoms with Crippen LogP contribution < -0.4 is 5.32 Å². The first-order valence-corrected chi connectivity index (χ1v) is 9.47. The van der Waals surface area contributed by atoms with Gasteiger partial charge in [0.2, 0.25) is 11.0 Å². The number of benzene rings is 1. The summed E-state index contributed by atoms with van der Waals surface area (Å²) in [5, 5.41) is 11.7. The van der Waals surface area contributed by atoms with E-state index in [1.165, 1.54) is 23.1 Å². The van der Waals surface area contributed by atoms with Crippen LogP contribution in [0.3, 0.4) is 0 Å². The van der Waals surface area contributed by atoms with Crippen molar-refractivity contribution in [2.24, 2.45) is 0 Å². The van der Waals surface area contributed by atoms with Crippen LogP contribution in [-0.4, -0.2) is 39.7 Å². The number of thioether (sulfide) groups is 1. The average molecular weight is 365 g/mol. The molecule has 0 fully saturated rings. The van der Waals surface area contributed by atoms with Gasteiger partial charge in [0.15, 0.2) is 0 Å². The molecule has 0 aliphatic heterocycles. The summed E-state index contributed by atoms with van der Waals surface area (Å²) in [5.74, 6) is -0.330. The maximum absolute atomic E-state index is 12.3. The van der Waals surface area contributed by atoms with Gasteiger partial charge in [0.05, 0.1) is 17.6 Å². The Kier molecular flexibility index (Phi) is 7.20. The Morgan fingerprint density at radius 3 is 2.67 bits per heavy atom. The van der Waals surface area contributed by atoms with E-state index in [1.54, 1.807) is 6.92 Å². The van der Waals surface area contributed by atoms with Crippen LogP contribution in [0, 0.1) is 0 Å². The minimum absolute atomic E-state index is 0.158. The molecule has 24 heavy (non-hydrogen) atoms. The minimum atomic E-state index is -0.335. The highest BCUT2D eigenvalue weighted by Crippen LogP contribution is 2.26. The summed E-state index contributed by atoms with van der Waals surface area (Å²) in [4.78, 5) is 23.7. The number of amides is 1. The number of esters is 1. The van der Waals surface area contributed by atoms with E-state index in [1.807, 2.05) is 37.3 Å². The number of aromatic nitrogens is 2. The molecule has 0 aliphatic rings. The van der Waals surface area contributed by atoms with Gasteiger partial charge in [-0.2, -0.15) is 0 Å². The van der Waals surface area contributed by atoms with E-state index in [9.17, 15) is 9.59 Å². The number of carbonyl (C=O) groups is 2. The predicted octanol–water partition coefficient (Wildman–Crippen LogP) is 3.22. The van der Waals surface area contributed by atoms with Crippen LogP contribution in [0.1, 0.15) is 20.3 Å². The predicted molar refractivity (Wildman–Crippen MR) is 97.1 cm³/mol. The molecule has 0 saturated heterocycles. The molecule has 0 bridgehead atoms. The summed E-state index contributed by atoms with van der Waals surface area (Å²) in [6.45, 7) is 4.00. The monoisotopic (exact) mass is 365 g/mol. The van der Waals surface area contributed by atoms with Gasteiger partial charge in [0.1, 0.15) is 5.01 Å². The number of hydrogen-bond acceptors (Lipinski definition) is 7. The molecular weight excluding hydrogens is 346 g/mol. The summed E-state index contributed by atoms with van der Waals surface area (Å²) in [6.07, 6.45) is 0.611. The molecule has 1 amide bonds. The van der Waals surface area contributed by atoms with Crippen LogP contribution in [0.25, 0.3) is 10.6 Å². The van der Waals surface area contributed by atoms with E-state index in [4.69, 9.17) is 4.74 Å². The van der Waals surface area contributed by atoms with E-state index in [0.29, 0.717) is 18.2 Å². The summed E-state index contributed by atoms with van der Waals surface area (Å²) >= 11 is 2.59. The van der Waals surface area contributed by atoms with Crippen LogP contribution in [0.4, 0.5) is 5.13 Å². The van der Waals surface area contributed by atoms with Crippen LogP contribution in [0.2, 0.25) is 0 Å². The van der Waals surface area contributed by atoms with Crippen molar-refractivity contribution >= 4 is 40.1 Å². The lowest BCUT2D eigenvalue weighted by Gasteiger charge is -2.12. The molecule has 128 valence electrons. The van der Waals surface area contributed by atoms with Gasteiger partial charge in [-0.05, 0) is 13.3 Å². The van der Waals surface area contributed by atoms with Crippen LogP contribution in [0.15, 0.2) is 30.3 Å². The number of rotatable bonds is 8. The minimum Gasteiger partial charge on any atom is -0.465 e. The second-order valence-electron chi connectivity index (χ2n) is 4.78. The van der Waals surface area contributed by atoms with Crippen molar-refractivity contribution < 1.29 is 14.3 Å². The van der Waals surface area contributed by atoms with Gasteiger partial charge in [-0.25, -0.2) is 0 Å². The van der Waals surface area contributed by atoms with Gasteiger partial charge in [0.25, 0.3) is 0 Å². The number of hydrogen-bond donors (Lipinski definition) is 1. The second kappa shape index (κ2) is 9.39. The molecule has 1 heterocycles. The highest BCUT2D eigenvalue weighted by molar-refractivity contribution is 8.01. The molecule has 2 aromatic rings. The number of nitrogens with one attached hydrogen (secondary N) is 1. The fraction of sp³-hybridized carbons (Fsp3) is 0.375. The zero-order chi connectivity index (χ0) is 17.4. The van der Waals surface area contributed by atoms with Crippen LogP contribution >= 0.6 is 23.1 Å². The molecule has 1 aromatic heterocycles. The van der Waals surface area contributed by atoms with E-state index in [2.05, 4.69) is 15.5 Å². The summed E-state index contributed by atoms with van der Waals surface area (Å²) in [6, 6.07) is 9.66. The largest absolute Gasteiger partial charge is 0.465 e. The lowest BCUT2D eigenvalue weighted by Crippen LogP contribution is -2.26. The molecule has 1 aromatic carbocycles. The van der Waals surface area contributed by atoms with E-state index in [-0.39, 0.29) is 22.9 Å². The maximum atomic E-state index is 12.3. The zero-order valence-corrected chi connectivity index (χ0v) is 15.2. The molecular formula is C16H19N3O3S2. The maximum Gasteiger partial charge on any atom is 0.315 e. The van der Waals surface area contributed by atoms with Crippen molar-refractivity contribution in [2.75, 3.05) is 17.7 Å². The van der Waals surface area contributed by atoms with Crippen molar-refractivity contribution in [2.45, 2.75) is 25.5 Å². The zero-order valence-electron chi connectivity index (χ0n) is 13.5. The van der Waals surface area contributed by atoms with Crippen molar-refractivity contribution in [1.82, 2.24) is 10.2 Å². The summed E-state index contributed by atoms with van der Waals surface area (Å²) in [5.41, 5.74) is 0.958. The number of anilines is 1. The van der Waals surface area contributed by atoms with Crippen molar-refractivity contribution in [1.29, 1.82) is 0 Å². The van der Waals surface area contributed by atoms with Gasteiger partial charge in [-0.3, -0.25) is 14.9 Å². The SMILES string of the molecule is CCOC(=O)CS[C@@H](CC)C(=O)Nc1nnc(-c2ccccc2)s1. The lowest BCUT2D eigenvalue weighted by atomic mass is 10.2. The molecule has 8 heteroatoms. The summed E-state index contributed by atoms with van der Waals surface area (Å²) in [7, 11) is 0. The van der Waals surface area contributed by atoms with Crippen LogP contribution in [-0.2, 0) is 14.3 Å². The number of carbonyl (C=O) groups excluding carboxylic acids is 2. The van der Waals surface area contributed by atoms with E-state index >= 15 is 0 Å². The number of ether oxygens (including phenoxy) is 1. The fourth-order valence-corrected chi connectivity index (χ4v) is 3.53. The smallest absolute Gasteiger partial charge is 0.315 e. The Labute approximate surface area is 149 Å². The molecule has 1 N–H and O–H groups in total. The first-order chi connectivity index (χ1) is 11.6. The molecule has 0 spiro atoms. The Balaban J connectivity index is 1.93. The van der Waals surface area contributed by atoms with E-state index in [0.717, 1.165) is 10.6 Å². The van der Waals surface area contributed by atoms with Gasteiger partial charge in [0, 0.05) is 5.56 Å². The van der Waals surface area contributed by atoms with Gasteiger partial charge in [-0.15, -0.1) is 22.0 Å². The molecule has 0 unspecified atom stereocenters. The third-order valence-electron chi connectivity index (χ3n) is 3.05. The highest BCUT2D eigenvalue weighted by Gasteiger charge is 2.20. The Hall–Kier alpha value is -1.93. The van der Waals surface area contributed by atoms with Gasteiger partial charge in [-0.1, -0.05) is 48.6 Å². The summed E-state index contributed by atoms with van der Waals surface area (Å²) < 4.78 is 4.88. The highest BCUT2D eigenvalue weighted by atomic mass is 32.2. The second-order valence-corrected chi connectivity index (χ2v) is 6.95. The lowest BCUT2D eigenvalue weighted by molar-refractivity contribution is -0.139. The topological polar surface area (TPSA) is 81.2 Å². The van der Waals surface area contributed by atoms with Crippen LogP contribution in [0.5, 0.6) is 0 Å². The van der Waals surface area contributed by atoms with E-state index < -0.39 is 0 Å². The molecule has 1 atom stereocenters. The third kappa shape index (κ3) is 5.31. The standard InChI is InChI=1S/C16H19N3O3S2/c1-3-12(23-10-13(20)22-4-2)14(21)17-16-19-18-15(24-16)11-8-6-5-7-9-11/h5-9,12H,3-4,10H2,1-2H3,(H,17,19,21)/t12-/m0/s1. The molecule has 0 aliphatic carbocycles. The quantitative estimate of drug-likeness (QED) is 0.724. The average Bonchev–Trinajstić information content (AvgIpc) is 3.05. The first-order valence-electron chi connectivity index (χ1n) is 7.61. The third-order valence-corrected chi connectivity index (χ3v) is 5.29. The van der Waals surface area contributed by atoms with Gasteiger partial charge < -0.3 is 4.74 Å². The first kappa shape index (κ1) is 18.4. The Morgan fingerprint density at radius 1 is 1.25 bits per heavy atom. The molecule has 6 nitrogen and oxygen atoms in total. The van der Waals surface area contributed by atoms with Crippen molar-refractivity contribution in [3.63, 3.8) is 0 Å². The Bertz CT molecular complexity index is 676.